The van der Waals surface area contributed by atoms with Gasteiger partial charge in [-0.1, -0.05) is 35.9 Å². The maximum atomic E-state index is 12.6. The molecule has 0 bridgehead atoms. The number of para-hydroxylation sites is 1. The first-order chi connectivity index (χ1) is 13.7. The monoisotopic (exact) mass is 398 g/mol. The highest BCUT2D eigenvalue weighted by Gasteiger charge is 2.25. The largest absolute Gasteiger partial charge is 0.371 e. The minimum absolute atomic E-state index is 0.0592. The van der Waals surface area contributed by atoms with E-state index in [1.165, 1.54) is 5.69 Å². The SMILES string of the molecule is O=C(NCC1CCN(c2ccccc2)C1)N1CCN(c2cccc(Cl)c2)CC1. The third-order valence-corrected chi connectivity index (χ3v) is 5.92. The quantitative estimate of drug-likeness (QED) is 0.853. The number of amides is 2. The Morgan fingerprint density at radius 1 is 0.929 bits per heavy atom. The van der Waals surface area contributed by atoms with Gasteiger partial charge in [0.25, 0.3) is 0 Å². The van der Waals surface area contributed by atoms with Gasteiger partial charge in [0, 0.05) is 62.2 Å². The number of nitrogens with one attached hydrogen (secondary N) is 1. The molecule has 148 valence electrons. The maximum absolute atomic E-state index is 12.6. The van der Waals surface area contributed by atoms with E-state index in [0.29, 0.717) is 5.92 Å². The van der Waals surface area contributed by atoms with Crippen molar-refractivity contribution in [2.45, 2.75) is 6.42 Å². The van der Waals surface area contributed by atoms with Crippen molar-refractivity contribution in [1.29, 1.82) is 0 Å². The smallest absolute Gasteiger partial charge is 0.317 e. The van der Waals surface area contributed by atoms with Crippen LogP contribution in [0.25, 0.3) is 0 Å². The molecule has 1 atom stereocenters. The summed E-state index contributed by atoms with van der Waals surface area (Å²) in [4.78, 5) is 19.2. The van der Waals surface area contributed by atoms with E-state index in [0.717, 1.165) is 62.9 Å². The average molecular weight is 399 g/mol. The number of hydrogen-bond acceptors (Lipinski definition) is 3. The lowest BCUT2D eigenvalue weighted by Crippen LogP contribution is -2.52. The molecule has 0 saturated carbocycles. The number of nitrogens with zero attached hydrogens (tertiary/aromatic N) is 3. The van der Waals surface area contributed by atoms with Crippen molar-refractivity contribution < 1.29 is 4.79 Å². The molecule has 2 amide bonds. The molecule has 2 aliphatic heterocycles. The molecule has 2 saturated heterocycles. The van der Waals surface area contributed by atoms with Crippen LogP contribution in [0.2, 0.25) is 5.02 Å². The minimum atomic E-state index is 0.0592. The van der Waals surface area contributed by atoms with E-state index in [1.54, 1.807) is 0 Å². The van der Waals surface area contributed by atoms with E-state index in [4.69, 9.17) is 11.6 Å². The second-order valence-electron chi connectivity index (χ2n) is 7.58. The number of piperazine rings is 1. The molecule has 2 fully saturated rings. The topological polar surface area (TPSA) is 38.8 Å². The van der Waals surface area contributed by atoms with Gasteiger partial charge in [0.05, 0.1) is 0 Å². The van der Waals surface area contributed by atoms with Crippen LogP contribution in [-0.4, -0.2) is 56.7 Å². The summed E-state index contributed by atoms with van der Waals surface area (Å²) in [6.07, 6.45) is 1.12. The second-order valence-corrected chi connectivity index (χ2v) is 8.01. The summed E-state index contributed by atoms with van der Waals surface area (Å²) < 4.78 is 0. The summed E-state index contributed by atoms with van der Waals surface area (Å²) in [5.74, 6) is 0.511. The molecule has 6 heteroatoms. The standard InChI is InChI=1S/C22H27ClN4O/c23-19-5-4-8-21(15-19)25-11-13-26(14-12-25)22(28)24-16-18-9-10-27(17-18)20-6-2-1-3-7-20/h1-8,15,18H,9-14,16-17H2,(H,24,28). The van der Waals surface area contributed by atoms with Crippen LogP contribution in [0.1, 0.15) is 6.42 Å². The van der Waals surface area contributed by atoms with Crippen molar-refractivity contribution in [3.63, 3.8) is 0 Å². The van der Waals surface area contributed by atoms with Gasteiger partial charge in [-0.25, -0.2) is 4.79 Å². The van der Waals surface area contributed by atoms with Crippen LogP contribution >= 0.6 is 11.6 Å². The van der Waals surface area contributed by atoms with E-state index in [2.05, 4.69) is 45.4 Å². The highest BCUT2D eigenvalue weighted by Crippen LogP contribution is 2.23. The van der Waals surface area contributed by atoms with Gasteiger partial charge >= 0.3 is 6.03 Å². The van der Waals surface area contributed by atoms with Gasteiger partial charge in [-0.3, -0.25) is 0 Å². The predicted octanol–water partition coefficient (Wildman–Crippen LogP) is 3.70. The van der Waals surface area contributed by atoms with Crippen LogP contribution in [0, 0.1) is 5.92 Å². The van der Waals surface area contributed by atoms with Crippen LogP contribution in [0.4, 0.5) is 16.2 Å². The lowest BCUT2D eigenvalue weighted by atomic mass is 10.1. The van der Waals surface area contributed by atoms with Crippen LogP contribution in [0.5, 0.6) is 0 Å². The molecule has 5 nitrogen and oxygen atoms in total. The molecule has 2 heterocycles. The van der Waals surface area contributed by atoms with E-state index < -0.39 is 0 Å². The molecule has 0 radical (unpaired) electrons. The fraction of sp³-hybridized carbons (Fsp3) is 0.409. The molecular weight excluding hydrogens is 372 g/mol. The fourth-order valence-electron chi connectivity index (χ4n) is 4.06. The minimum Gasteiger partial charge on any atom is -0.371 e. The Morgan fingerprint density at radius 2 is 1.68 bits per heavy atom. The Labute approximate surface area is 171 Å². The molecule has 2 aromatic rings. The zero-order chi connectivity index (χ0) is 19.3. The van der Waals surface area contributed by atoms with Crippen molar-refractivity contribution in [3.8, 4) is 0 Å². The van der Waals surface area contributed by atoms with Crippen molar-refractivity contribution in [2.75, 3.05) is 55.6 Å². The van der Waals surface area contributed by atoms with Gasteiger partial charge in [0.2, 0.25) is 0 Å². The Bertz CT molecular complexity index is 792. The van der Waals surface area contributed by atoms with Crippen molar-refractivity contribution in [1.82, 2.24) is 10.2 Å². The number of anilines is 2. The zero-order valence-corrected chi connectivity index (χ0v) is 16.8. The van der Waals surface area contributed by atoms with Gasteiger partial charge in [0.1, 0.15) is 0 Å². The second kappa shape index (κ2) is 8.74. The first-order valence-corrected chi connectivity index (χ1v) is 10.4. The van der Waals surface area contributed by atoms with Crippen LogP contribution in [-0.2, 0) is 0 Å². The van der Waals surface area contributed by atoms with Crippen LogP contribution in [0.15, 0.2) is 54.6 Å². The highest BCUT2D eigenvalue weighted by molar-refractivity contribution is 6.30. The van der Waals surface area contributed by atoms with Gasteiger partial charge in [-0.15, -0.1) is 0 Å². The Balaban J connectivity index is 1.21. The molecule has 4 rings (SSSR count). The maximum Gasteiger partial charge on any atom is 0.317 e. The fourth-order valence-corrected chi connectivity index (χ4v) is 4.24. The Kier molecular flexibility index (Phi) is 5.91. The van der Waals surface area contributed by atoms with Gasteiger partial charge in [0.15, 0.2) is 0 Å². The summed E-state index contributed by atoms with van der Waals surface area (Å²) in [5, 5.41) is 3.90. The first kappa shape index (κ1) is 18.9. The number of rotatable bonds is 4. The molecule has 0 aliphatic carbocycles. The number of halogens is 1. The van der Waals surface area contributed by atoms with Gasteiger partial charge < -0.3 is 20.0 Å². The predicted molar refractivity (Wildman–Crippen MR) is 115 cm³/mol. The van der Waals surface area contributed by atoms with Gasteiger partial charge in [-0.05, 0) is 42.7 Å². The molecule has 2 aromatic carbocycles. The van der Waals surface area contributed by atoms with Gasteiger partial charge in [-0.2, -0.15) is 0 Å². The number of hydrogen-bond donors (Lipinski definition) is 1. The Morgan fingerprint density at radius 3 is 2.43 bits per heavy atom. The number of urea groups is 1. The number of carbonyl (C=O) groups excluding carboxylic acids is 1. The molecule has 2 aliphatic rings. The molecule has 1 N–H and O–H groups in total. The zero-order valence-electron chi connectivity index (χ0n) is 16.1. The third-order valence-electron chi connectivity index (χ3n) is 5.69. The third kappa shape index (κ3) is 4.53. The van der Waals surface area contributed by atoms with Crippen LogP contribution in [0.3, 0.4) is 0 Å². The number of carbonyl (C=O) groups is 1. The summed E-state index contributed by atoms with van der Waals surface area (Å²) in [6, 6.07) is 18.5. The Hall–Kier alpha value is -2.40. The molecule has 0 aromatic heterocycles. The lowest BCUT2D eigenvalue weighted by molar-refractivity contribution is 0.193. The molecule has 1 unspecified atom stereocenters. The summed E-state index contributed by atoms with van der Waals surface area (Å²) >= 11 is 6.09. The van der Waals surface area contributed by atoms with Crippen molar-refractivity contribution in [2.24, 2.45) is 5.92 Å². The molecule has 0 spiro atoms. The van der Waals surface area contributed by atoms with Crippen molar-refractivity contribution in [3.05, 3.63) is 59.6 Å². The van der Waals surface area contributed by atoms with E-state index in [9.17, 15) is 4.79 Å². The van der Waals surface area contributed by atoms with E-state index in [1.807, 2.05) is 29.2 Å². The average Bonchev–Trinajstić information content (AvgIpc) is 3.22. The highest BCUT2D eigenvalue weighted by atomic mass is 35.5. The van der Waals surface area contributed by atoms with Crippen molar-refractivity contribution >= 4 is 29.0 Å². The first-order valence-electron chi connectivity index (χ1n) is 10.0. The van der Waals surface area contributed by atoms with Crippen LogP contribution < -0.4 is 15.1 Å². The summed E-state index contributed by atoms with van der Waals surface area (Å²) in [7, 11) is 0. The number of benzene rings is 2. The summed E-state index contributed by atoms with van der Waals surface area (Å²) in [5.41, 5.74) is 2.40. The lowest BCUT2D eigenvalue weighted by Gasteiger charge is -2.36. The molecule has 28 heavy (non-hydrogen) atoms. The van der Waals surface area contributed by atoms with E-state index in [-0.39, 0.29) is 6.03 Å². The normalized spacial score (nSPS) is 19.8. The molecular formula is C22H27ClN4O. The summed E-state index contributed by atoms with van der Waals surface area (Å²) in [6.45, 7) is 5.95. The van der Waals surface area contributed by atoms with E-state index >= 15 is 0 Å².